The van der Waals surface area contributed by atoms with Gasteiger partial charge in [0.05, 0.1) is 5.71 Å². The quantitative estimate of drug-likeness (QED) is 0.670. The van der Waals surface area contributed by atoms with Crippen molar-refractivity contribution in [2.24, 2.45) is 10.7 Å². The third-order valence-electron chi connectivity index (χ3n) is 0.754. The van der Waals surface area contributed by atoms with Crippen LogP contribution in [0.2, 0.25) is 0 Å². The average Bonchev–Trinajstić information content (AvgIpc) is 1.82. The molecule has 0 radical (unpaired) electrons. The van der Waals surface area contributed by atoms with Gasteiger partial charge in [-0.25, -0.2) is 0 Å². The molecule has 0 aromatic rings. The van der Waals surface area contributed by atoms with Gasteiger partial charge in [0.25, 0.3) is 0 Å². The van der Waals surface area contributed by atoms with Crippen LogP contribution in [0.25, 0.3) is 0 Å². The molecule has 0 bridgehead atoms. The zero-order valence-corrected chi connectivity index (χ0v) is 6.69. The van der Waals surface area contributed by atoms with E-state index in [9.17, 15) is 0 Å². The normalized spacial score (nSPS) is 11.1. The van der Waals surface area contributed by atoms with Gasteiger partial charge >= 0.3 is 0 Å². The van der Waals surface area contributed by atoms with Crippen LogP contribution in [0, 0.1) is 0 Å². The molecule has 0 saturated carbocycles. The molecule has 0 fully saturated rings. The molecule has 0 aromatic carbocycles. The van der Waals surface area contributed by atoms with Crippen molar-refractivity contribution >= 4 is 21.6 Å². The van der Waals surface area contributed by atoms with Gasteiger partial charge in [-0.3, -0.25) is 4.99 Å². The van der Waals surface area contributed by atoms with Crippen molar-refractivity contribution < 1.29 is 0 Å². The summed E-state index contributed by atoms with van der Waals surface area (Å²) in [7, 11) is 0. The van der Waals surface area contributed by atoms with Gasteiger partial charge in [0, 0.05) is 17.2 Å². The molecule has 0 aromatic heterocycles. The third-order valence-corrected chi connectivity index (χ3v) is 1.21. The second-order valence-corrected chi connectivity index (χ2v) is 2.32. The number of halogens is 1. The summed E-state index contributed by atoms with van der Waals surface area (Å²) in [4.78, 5) is 3.85. The lowest BCUT2D eigenvalue weighted by molar-refractivity contribution is 1.30. The highest BCUT2D eigenvalue weighted by molar-refractivity contribution is 9.12. The minimum Gasteiger partial charge on any atom is -0.325 e. The molecule has 0 unspecified atom stereocenters. The Hall–Kier alpha value is -0.410. The number of nitrogens with zero attached hydrogens (tertiary/aromatic N) is 1. The van der Waals surface area contributed by atoms with Crippen LogP contribution in [-0.2, 0) is 0 Å². The summed E-state index contributed by atoms with van der Waals surface area (Å²) in [6.45, 7) is 7.41. The zero-order valence-electron chi connectivity index (χ0n) is 5.10. The minimum atomic E-state index is 0.385. The maximum Gasteiger partial charge on any atom is 0.0674 e. The van der Waals surface area contributed by atoms with Crippen LogP contribution in [0.3, 0.4) is 0 Å². The summed E-state index contributed by atoms with van der Waals surface area (Å²) >= 11 is 3.15. The topological polar surface area (TPSA) is 38.4 Å². The van der Waals surface area contributed by atoms with E-state index in [1.807, 2.05) is 0 Å². The molecule has 0 aliphatic rings. The molecule has 0 aliphatic carbocycles. The third kappa shape index (κ3) is 3.21. The summed E-state index contributed by atoms with van der Waals surface area (Å²) in [5, 5.41) is 0. The number of hydrogen-bond acceptors (Lipinski definition) is 2. The van der Waals surface area contributed by atoms with E-state index >= 15 is 0 Å². The fourth-order valence-corrected chi connectivity index (χ4v) is 0.608. The zero-order chi connectivity index (χ0) is 7.28. The molecule has 0 atom stereocenters. The molecule has 3 heteroatoms. The van der Waals surface area contributed by atoms with E-state index in [2.05, 4.69) is 34.1 Å². The molecule has 50 valence electrons. The Morgan fingerprint density at radius 2 is 2.33 bits per heavy atom. The molecule has 9 heavy (non-hydrogen) atoms. The van der Waals surface area contributed by atoms with Gasteiger partial charge < -0.3 is 5.73 Å². The molecule has 2 nitrogen and oxygen atoms in total. The van der Waals surface area contributed by atoms with E-state index in [1.165, 1.54) is 6.20 Å². The summed E-state index contributed by atoms with van der Waals surface area (Å²) in [5.74, 6) is 0. The van der Waals surface area contributed by atoms with Gasteiger partial charge in [-0.15, -0.1) is 0 Å². The minimum absolute atomic E-state index is 0.385. The van der Waals surface area contributed by atoms with Gasteiger partial charge in [-0.05, 0) is 15.9 Å². The molecule has 0 spiro atoms. The van der Waals surface area contributed by atoms with E-state index in [-0.39, 0.29) is 0 Å². The molecular formula is C6H9BrN2. The Morgan fingerprint density at radius 1 is 1.78 bits per heavy atom. The van der Waals surface area contributed by atoms with Crippen molar-refractivity contribution in [1.29, 1.82) is 0 Å². The van der Waals surface area contributed by atoms with E-state index in [0.717, 1.165) is 5.71 Å². The van der Waals surface area contributed by atoms with Crippen LogP contribution in [0.5, 0.6) is 0 Å². The second kappa shape index (κ2) is 4.47. The molecule has 0 saturated heterocycles. The van der Waals surface area contributed by atoms with Crippen molar-refractivity contribution in [1.82, 2.24) is 0 Å². The van der Waals surface area contributed by atoms with Crippen LogP contribution in [0.4, 0.5) is 0 Å². The predicted molar refractivity (Wildman–Crippen MR) is 44.8 cm³/mol. The molecule has 0 amide bonds. The summed E-state index contributed by atoms with van der Waals surface area (Å²) in [5.41, 5.74) is 6.02. The Balaban J connectivity index is 4.14. The maximum absolute atomic E-state index is 5.29. The fraction of sp³-hybridized carbons (Fsp3) is 0.167. The predicted octanol–water partition coefficient (Wildman–Crippen LogP) is 1.44. The van der Waals surface area contributed by atoms with Gasteiger partial charge in [0.2, 0.25) is 0 Å². The Morgan fingerprint density at radius 3 is 2.44 bits per heavy atom. The second-order valence-electron chi connectivity index (χ2n) is 1.37. The average molecular weight is 189 g/mol. The van der Waals surface area contributed by atoms with Gasteiger partial charge in [0.1, 0.15) is 0 Å². The van der Waals surface area contributed by atoms with Crippen LogP contribution < -0.4 is 5.73 Å². The number of nitrogens with two attached hydrogens (primary N) is 1. The maximum atomic E-state index is 5.29. The van der Waals surface area contributed by atoms with Crippen LogP contribution in [-0.4, -0.2) is 12.3 Å². The van der Waals surface area contributed by atoms with Gasteiger partial charge in [0.15, 0.2) is 0 Å². The smallest absolute Gasteiger partial charge is 0.0674 e. The Kier molecular flexibility index (Phi) is 4.26. The number of hydrogen-bond donors (Lipinski definition) is 1. The Labute approximate surface area is 63.3 Å². The van der Waals surface area contributed by atoms with Crippen molar-refractivity contribution in [3.05, 3.63) is 23.8 Å². The highest BCUT2D eigenvalue weighted by atomic mass is 79.9. The van der Waals surface area contributed by atoms with Crippen molar-refractivity contribution in [2.45, 2.75) is 0 Å². The fourth-order valence-electron chi connectivity index (χ4n) is 0.344. The SMILES string of the molecule is C=CN=C(CN)C(=C)Br. The summed E-state index contributed by atoms with van der Waals surface area (Å²) in [6.07, 6.45) is 1.44. The van der Waals surface area contributed by atoms with Crippen molar-refractivity contribution in [2.75, 3.05) is 6.54 Å². The van der Waals surface area contributed by atoms with E-state index in [0.29, 0.717) is 11.0 Å². The lowest BCUT2D eigenvalue weighted by atomic mass is 10.4. The summed E-state index contributed by atoms with van der Waals surface area (Å²) < 4.78 is 0.713. The van der Waals surface area contributed by atoms with Gasteiger partial charge in [-0.1, -0.05) is 13.2 Å². The van der Waals surface area contributed by atoms with Crippen LogP contribution >= 0.6 is 15.9 Å². The van der Waals surface area contributed by atoms with Crippen molar-refractivity contribution in [3.8, 4) is 0 Å². The van der Waals surface area contributed by atoms with Crippen LogP contribution in [0.15, 0.2) is 28.8 Å². The standard InChI is InChI=1S/C6H9BrN2/c1-3-9-6(4-8)5(2)7/h3H,1-2,4,8H2. The van der Waals surface area contributed by atoms with E-state index < -0.39 is 0 Å². The monoisotopic (exact) mass is 188 g/mol. The number of aliphatic imine (C=N–C) groups is 1. The first-order chi connectivity index (χ1) is 4.22. The first kappa shape index (κ1) is 8.59. The molecule has 2 N–H and O–H groups in total. The molecular weight excluding hydrogens is 180 g/mol. The largest absolute Gasteiger partial charge is 0.325 e. The Bertz CT molecular complexity index is 149. The van der Waals surface area contributed by atoms with E-state index in [4.69, 9.17) is 5.73 Å². The highest BCUT2D eigenvalue weighted by Gasteiger charge is 1.94. The van der Waals surface area contributed by atoms with Crippen LogP contribution in [0.1, 0.15) is 0 Å². The first-order valence-corrected chi connectivity index (χ1v) is 3.24. The molecule has 0 heterocycles. The lowest BCUT2D eigenvalue weighted by Crippen LogP contribution is -2.12. The lowest BCUT2D eigenvalue weighted by Gasteiger charge is -1.95. The van der Waals surface area contributed by atoms with E-state index in [1.54, 1.807) is 0 Å². The first-order valence-electron chi connectivity index (χ1n) is 2.44. The summed E-state index contributed by atoms with van der Waals surface area (Å²) in [6, 6.07) is 0. The number of rotatable bonds is 3. The molecule has 0 rings (SSSR count). The molecule has 0 aliphatic heterocycles. The van der Waals surface area contributed by atoms with Crippen molar-refractivity contribution in [3.63, 3.8) is 0 Å². The van der Waals surface area contributed by atoms with Gasteiger partial charge in [-0.2, -0.15) is 0 Å². The highest BCUT2D eigenvalue weighted by Crippen LogP contribution is 2.02.